The molecule has 2 aromatic carbocycles. The van der Waals surface area contributed by atoms with Crippen LogP contribution in [0.4, 0.5) is 14.5 Å². The SMILES string of the molecule is O=C(CC1OCCc2ccccc21)Nc1ccccc1SC(F)F. The number of ether oxygens (including phenoxy) is 1. The van der Waals surface area contributed by atoms with E-state index >= 15 is 0 Å². The molecular weight excluding hydrogens is 332 g/mol. The van der Waals surface area contributed by atoms with Gasteiger partial charge in [-0.1, -0.05) is 48.2 Å². The molecule has 3 nitrogen and oxygen atoms in total. The molecule has 24 heavy (non-hydrogen) atoms. The number of hydrogen-bond donors (Lipinski definition) is 1. The van der Waals surface area contributed by atoms with Crippen molar-refractivity contribution in [3.05, 3.63) is 59.7 Å². The van der Waals surface area contributed by atoms with E-state index in [1.165, 1.54) is 5.56 Å². The number of hydrogen-bond acceptors (Lipinski definition) is 3. The summed E-state index contributed by atoms with van der Waals surface area (Å²) in [6.45, 7) is 0.576. The Hall–Kier alpha value is -1.92. The number of benzene rings is 2. The third-order valence-electron chi connectivity index (χ3n) is 3.84. The molecule has 0 fully saturated rings. The maximum atomic E-state index is 12.6. The molecule has 1 N–H and O–H groups in total. The quantitative estimate of drug-likeness (QED) is 0.799. The van der Waals surface area contributed by atoms with Crippen LogP contribution in [0.25, 0.3) is 0 Å². The minimum atomic E-state index is -2.53. The largest absolute Gasteiger partial charge is 0.373 e. The minimum Gasteiger partial charge on any atom is -0.373 e. The van der Waals surface area contributed by atoms with Crippen LogP contribution in [0.1, 0.15) is 23.7 Å². The molecule has 1 aliphatic rings. The summed E-state index contributed by atoms with van der Waals surface area (Å²) in [5.74, 6) is -2.78. The lowest BCUT2D eigenvalue weighted by Crippen LogP contribution is -2.22. The van der Waals surface area contributed by atoms with E-state index in [2.05, 4.69) is 5.32 Å². The van der Waals surface area contributed by atoms with Gasteiger partial charge in [0.1, 0.15) is 0 Å². The third-order valence-corrected chi connectivity index (χ3v) is 4.63. The van der Waals surface area contributed by atoms with Crippen molar-refractivity contribution in [1.82, 2.24) is 0 Å². The van der Waals surface area contributed by atoms with Crippen molar-refractivity contribution in [3.8, 4) is 0 Å². The average molecular weight is 349 g/mol. The first-order chi connectivity index (χ1) is 11.6. The van der Waals surface area contributed by atoms with E-state index in [1.54, 1.807) is 24.3 Å². The number of carbonyl (C=O) groups excluding carboxylic acids is 1. The van der Waals surface area contributed by atoms with E-state index < -0.39 is 5.76 Å². The van der Waals surface area contributed by atoms with Crippen molar-refractivity contribution in [3.63, 3.8) is 0 Å². The fourth-order valence-corrected chi connectivity index (χ4v) is 3.38. The number of para-hydroxylation sites is 1. The maximum absolute atomic E-state index is 12.6. The second-order valence-corrected chi connectivity index (χ2v) is 6.47. The van der Waals surface area contributed by atoms with Gasteiger partial charge in [-0.05, 0) is 29.7 Å². The molecule has 1 heterocycles. The number of nitrogens with one attached hydrogen (secondary N) is 1. The Morgan fingerprint density at radius 3 is 2.79 bits per heavy atom. The van der Waals surface area contributed by atoms with Gasteiger partial charge in [0.15, 0.2) is 0 Å². The average Bonchev–Trinajstić information content (AvgIpc) is 2.56. The van der Waals surface area contributed by atoms with E-state index in [0.717, 1.165) is 12.0 Å². The predicted molar refractivity (Wildman–Crippen MR) is 90.4 cm³/mol. The van der Waals surface area contributed by atoms with Gasteiger partial charge in [0, 0.05) is 4.90 Å². The number of rotatable bonds is 5. The first-order valence-electron chi connectivity index (χ1n) is 7.66. The molecule has 0 bridgehead atoms. The molecule has 1 unspecified atom stereocenters. The summed E-state index contributed by atoms with van der Waals surface area (Å²) >= 11 is 0.422. The van der Waals surface area contributed by atoms with Crippen molar-refractivity contribution >= 4 is 23.4 Å². The summed E-state index contributed by atoms with van der Waals surface area (Å²) in [6.07, 6.45) is 0.692. The first kappa shape index (κ1) is 16.9. The third kappa shape index (κ3) is 4.13. The minimum absolute atomic E-state index is 0.157. The lowest BCUT2D eigenvalue weighted by atomic mass is 9.95. The van der Waals surface area contributed by atoms with Crippen molar-refractivity contribution in [2.45, 2.75) is 29.6 Å². The molecule has 126 valence electrons. The monoisotopic (exact) mass is 349 g/mol. The maximum Gasteiger partial charge on any atom is 0.288 e. The summed E-state index contributed by atoms with van der Waals surface area (Å²) in [4.78, 5) is 12.7. The highest BCUT2D eigenvalue weighted by Crippen LogP contribution is 2.33. The van der Waals surface area contributed by atoms with Gasteiger partial charge in [0.2, 0.25) is 5.91 Å². The zero-order valence-corrected chi connectivity index (χ0v) is 13.7. The Balaban J connectivity index is 1.69. The van der Waals surface area contributed by atoms with Crippen LogP contribution < -0.4 is 5.32 Å². The molecular formula is C18H17F2NO2S. The van der Waals surface area contributed by atoms with Crippen LogP contribution in [0.5, 0.6) is 0 Å². The summed E-state index contributed by atoms with van der Waals surface area (Å²) in [7, 11) is 0. The summed E-state index contributed by atoms with van der Waals surface area (Å²) in [5, 5.41) is 2.72. The van der Waals surface area contributed by atoms with Crippen LogP contribution in [-0.4, -0.2) is 18.3 Å². The highest BCUT2D eigenvalue weighted by Gasteiger charge is 2.23. The van der Waals surface area contributed by atoms with Crippen LogP contribution in [0.15, 0.2) is 53.4 Å². The number of thioether (sulfide) groups is 1. The number of anilines is 1. The van der Waals surface area contributed by atoms with Gasteiger partial charge in [-0.25, -0.2) is 0 Å². The van der Waals surface area contributed by atoms with E-state index in [1.807, 2.05) is 24.3 Å². The number of halogens is 2. The molecule has 0 saturated carbocycles. The molecule has 1 atom stereocenters. The molecule has 6 heteroatoms. The van der Waals surface area contributed by atoms with Gasteiger partial charge in [-0.2, -0.15) is 8.78 Å². The van der Waals surface area contributed by atoms with Crippen LogP contribution in [0.2, 0.25) is 0 Å². The van der Waals surface area contributed by atoms with Crippen LogP contribution in [-0.2, 0) is 16.0 Å². The molecule has 1 aliphatic heterocycles. The van der Waals surface area contributed by atoms with Crippen LogP contribution >= 0.6 is 11.8 Å². The summed E-state index contributed by atoms with van der Waals surface area (Å²) < 4.78 is 30.9. The standard InChI is InChI=1S/C18H17F2NO2S/c19-18(20)24-16-8-4-3-7-14(16)21-17(22)11-15-13-6-2-1-5-12(13)9-10-23-15/h1-8,15,18H,9-11H2,(H,21,22). The van der Waals surface area contributed by atoms with E-state index in [9.17, 15) is 13.6 Å². The molecule has 3 rings (SSSR count). The van der Waals surface area contributed by atoms with E-state index in [4.69, 9.17) is 4.74 Å². The summed E-state index contributed by atoms with van der Waals surface area (Å²) in [5.41, 5.74) is 2.61. The van der Waals surface area contributed by atoms with Crippen molar-refractivity contribution in [2.24, 2.45) is 0 Å². The van der Waals surface area contributed by atoms with E-state index in [0.29, 0.717) is 29.0 Å². The Labute approximate surface area is 143 Å². The second kappa shape index (κ2) is 7.77. The van der Waals surface area contributed by atoms with Gasteiger partial charge in [-0.15, -0.1) is 0 Å². The lowest BCUT2D eigenvalue weighted by molar-refractivity contribution is -0.119. The number of amides is 1. The van der Waals surface area contributed by atoms with Crippen molar-refractivity contribution in [1.29, 1.82) is 0 Å². The fourth-order valence-electron chi connectivity index (χ4n) is 2.78. The molecule has 2 aromatic rings. The second-order valence-electron chi connectivity index (χ2n) is 5.44. The lowest BCUT2D eigenvalue weighted by Gasteiger charge is -2.25. The molecule has 0 aromatic heterocycles. The van der Waals surface area contributed by atoms with Crippen LogP contribution in [0, 0.1) is 0 Å². The summed E-state index contributed by atoms with van der Waals surface area (Å²) in [6, 6.07) is 14.5. The fraction of sp³-hybridized carbons (Fsp3) is 0.278. The Bertz CT molecular complexity index is 724. The molecule has 0 aliphatic carbocycles. The highest BCUT2D eigenvalue weighted by atomic mass is 32.2. The van der Waals surface area contributed by atoms with Crippen molar-refractivity contribution in [2.75, 3.05) is 11.9 Å². The number of alkyl halides is 2. The number of fused-ring (bicyclic) bond motifs is 1. The molecule has 0 spiro atoms. The van der Waals surface area contributed by atoms with Crippen LogP contribution in [0.3, 0.4) is 0 Å². The van der Waals surface area contributed by atoms with Gasteiger partial charge in [0.25, 0.3) is 5.76 Å². The van der Waals surface area contributed by atoms with Gasteiger partial charge in [-0.3, -0.25) is 4.79 Å². The zero-order chi connectivity index (χ0) is 16.9. The Morgan fingerprint density at radius 1 is 1.21 bits per heavy atom. The smallest absolute Gasteiger partial charge is 0.288 e. The van der Waals surface area contributed by atoms with Crippen molar-refractivity contribution < 1.29 is 18.3 Å². The van der Waals surface area contributed by atoms with Gasteiger partial charge in [0.05, 0.1) is 24.8 Å². The Morgan fingerprint density at radius 2 is 1.96 bits per heavy atom. The predicted octanol–water partition coefficient (Wildman–Crippen LogP) is 4.64. The topological polar surface area (TPSA) is 38.3 Å². The Kier molecular flexibility index (Phi) is 5.48. The normalized spacial score (nSPS) is 16.7. The van der Waals surface area contributed by atoms with Gasteiger partial charge < -0.3 is 10.1 Å². The molecule has 1 amide bonds. The van der Waals surface area contributed by atoms with Gasteiger partial charge >= 0.3 is 0 Å². The first-order valence-corrected chi connectivity index (χ1v) is 8.54. The number of carbonyl (C=O) groups is 1. The zero-order valence-electron chi connectivity index (χ0n) is 12.9. The highest BCUT2D eigenvalue weighted by molar-refractivity contribution is 7.99. The molecule has 0 saturated heterocycles. The molecule has 0 radical (unpaired) electrons. The van der Waals surface area contributed by atoms with E-state index in [-0.39, 0.29) is 18.4 Å².